The van der Waals surface area contributed by atoms with E-state index in [2.05, 4.69) is 6.58 Å². The van der Waals surface area contributed by atoms with Crippen molar-refractivity contribution in [1.29, 1.82) is 0 Å². The maximum absolute atomic E-state index is 11.4. The third-order valence-electron chi connectivity index (χ3n) is 2.64. The molecule has 0 aliphatic carbocycles. The molecule has 0 amide bonds. The second-order valence-electron chi connectivity index (χ2n) is 4.16. The molecule has 0 radical (unpaired) electrons. The van der Waals surface area contributed by atoms with Gasteiger partial charge in [0.15, 0.2) is 0 Å². The predicted octanol–water partition coefficient (Wildman–Crippen LogP) is 3.02. The van der Waals surface area contributed by atoms with Gasteiger partial charge < -0.3 is 9.84 Å². The van der Waals surface area contributed by atoms with Crippen LogP contribution < -0.4 is 4.74 Å². The van der Waals surface area contributed by atoms with E-state index in [4.69, 9.17) is 9.84 Å². The van der Waals surface area contributed by atoms with Crippen LogP contribution in [0.3, 0.4) is 0 Å². The zero-order valence-corrected chi connectivity index (χ0v) is 10.3. The molecule has 0 heterocycles. The summed E-state index contributed by atoms with van der Waals surface area (Å²) in [6.45, 7) is 5.06. The molecule has 2 aromatic carbocycles. The van der Waals surface area contributed by atoms with Crippen molar-refractivity contribution in [2.75, 3.05) is 0 Å². The van der Waals surface area contributed by atoms with Crippen LogP contribution in [-0.4, -0.2) is 17.0 Å². The summed E-state index contributed by atoms with van der Waals surface area (Å²) in [5, 5.41) is 10.4. The molecule has 0 aliphatic heterocycles. The molecule has 0 spiro atoms. The first-order chi connectivity index (χ1) is 8.99. The summed E-state index contributed by atoms with van der Waals surface area (Å²) in [6, 6.07) is 9.76. The number of hydrogen-bond donors (Lipinski definition) is 1. The average Bonchev–Trinajstić information content (AvgIpc) is 2.37. The number of ether oxygens (including phenoxy) is 1. The molecule has 0 aliphatic rings. The van der Waals surface area contributed by atoms with Crippen LogP contribution in [0.2, 0.25) is 0 Å². The van der Waals surface area contributed by atoms with E-state index in [1.807, 2.05) is 0 Å². The van der Waals surface area contributed by atoms with Gasteiger partial charge in [-0.25, -0.2) is 9.59 Å². The van der Waals surface area contributed by atoms with E-state index in [1.54, 1.807) is 37.3 Å². The van der Waals surface area contributed by atoms with Crippen molar-refractivity contribution in [3.05, 3.63) is 54.1 Å². The van der Waals surface area contributed by atoms with E-state index >= 15 is 0 Å². The molecular formula is C15H12O4. The van der Waals surface area contributed by atoms with Gasteiger partial charge in [0.05, 0.1) is 5.56 Å². The zero-order valence-electron chi connectivity index (χ0n) is 10.3. The molecule has 0 saturated heterocycles. The maximum atomic E-state index is 11.4. The molecule has 1 N–H and O–H groups in total. The number of aromatic carboxylic acids is 1. The SMILES string of the molecule is C=C(C)C(=O)Oc1ccc2c(C(=O)O)cccc2c1. The van der Waals surface area contributed by atoms with Crippen molar-refractivity contribution in [3.63, 3.8) is 0 Å². The van der Waals surface area contributed by atoms with Gasteiger partial charge in [-0.2, -0.15) is 0 Å². The van der Waals surface area contributed by atoms with Crippen LogP contribution in [0, 0.1) is 0 Å². The topological polar surface area (TPSA) is 63.6 Å². The standard InChI is InChI=1S/C15H12O4/c1-9(2)15(18)19-11-6-7-12-10(8-11)4-3-5-13(12)14(16)17/h3-8H,1H2,2H3,(H,16,17). The molecule has 0 fully saturated rings. The number of benzene rings is 2. The van der Waals surface area contributed by atoms with Crippen molar-refractivity contribution in [1.82, 2.24) is 0 Å². The van der Waals surface area contributed by atoms with E-state index in [0.29, 0.717) is 22.1 Å². The molecule has 0 atom stereocenters. The quantitative estimate of drug-likeness (QED) is 0.521. The molecule has 2 rings (SSSR count). The van der Waals surface area contributed by atoms with Crippen molar-refractivity contribution in [3.8, 4) is 5.75 Å². The number of carboxylic acids is 1. The second-order valence-corrected chi connectivity index (χ2v) is 4.16. The molecule has 0 aromatic heterocycles. The number of rotatable bonds is 3. The average molecular weight is 256 g/mol. The van der Waals surface area contributed by atoms with Crippen molar-refractivity contribution >= 4 is 22.7 Å². The van der Waals surface area contributed by atoms with Gasteiger partial charge in [0.25, 0.3) is 0 Å². The van der Waals surface area contributed by atoms with E-state index in [1.165, 1.54) is 6.07 Å². The van der Waals surface area contributed by atoms with E-state index in [9.17, 15) is 9.59 Å². The number of carbonyl (C=O) groups is 2. The lowest BCUT2D eigenvalue weighted by molar-refractivity contribution is -0.130. The normalized spacial score (nSPS) is 10.2. The fourth-order valence-corrected chi connectivity index (χ4v) is 1.71. The molecule has 0 bridgehead atoms. The Kier molecular flexibility index (Phi) is 3.33. The van der Waals surface area contributed by atoms with Crippen molar-refractivity contribution < 1.29 is 19.4 Å². The summed E-state index contributed by atoms with van der Waals surface area (Å²) in [5.74, 6) is -1.13. The van der Waals surface area contributed by atoms with Crippen LogP contribution in [0.25, 0.3) is 10.8 Å². The third kappa shape index (κ3) is 2.63. The molecule has 2 aromatic rings. The Morgan fingerprint density at radius 2 is 1.95 bits per heavy atom. The minimum atomic E-state index is -0.989. The highest BCUT2D eigenvalue weighted by atomic mass is 16.5. The van der Waals surface area contributed by atoms with Crippen LogP contribution in [-0.2, 0) is 4.79 Å². The van der Waals surface area contributed by atoms with Crippen LogP contribution in [0.4, 0.5) is 0 Å². The van der Waals surface area contributed by atoms with Crippen LogP contribution >= 0.6 is 0 Å². The first kappa shape index (κ1) is 12.8. The summed E-state index contributed by atoms with van der Waals surface area (Å²) in [5.41, 5.74) is 0.523. The van der Waals surface area contributed by atoms with Crippen LogP contribution in [0.1, 0.15) is 17.3 Å². The lowest BCUT2D eigenvalue weighted by atomic mass is 10.0. The Bertz CT molecular complexity index is 686. The van der Waals surface area contributed by atoms with Crippen LogP contribution in [0.15, 0.2) is 48.6 Å². The predicted molar refractivity (Wildman–Crippen MR) is 71.4 cm³/mol. The van der Waals surface area contributed by atoms with Gasteiger partial charge in [-0.05, 0) is 42.0 Å². The molecule has 4 nitrogen and oxygen atoms in total. The molecule has 0 saturated carbocycles. The van der Waals surface area contributed by atoms with E-state index in [0.717, 1.165) is 0 Å². The Labute approximate surface area is 109 Å². The highest BCUT2D eigenvalue weighted by Crippen LogP contribution is 2.24. The van der Waals surface area contributed by atoms with Crippen molar-refractivity contribution in [2.45, 2.75) is 6.92 Å². The van der Waals surface area contributed by atoms with Gasteiger partial charge in [-0.1, -0.05) is 18.7 Å². The monoisotopic (exact) mass is 256 g/mol. The molecule has 96 valence electrons. The summed E-state index contributed by atoms with van der Waals surface area (Å²) in [4.78, 5) is 22.5. The fraction of sp³-hybridized carbons (Fsp3) is 0.0667. The summed E-state index contributed by atoms with van der Waals surface area (Å²) in [6.07, 6.45) is 0. The number of esters is 1. The van der Waals surface area contributed by atoms with Gasteiger partial charge in [-0.3, -0.25) is 0 Å². The Hall–Kier alpha value is -2.62. The fourth-order valence-electron chi connectivity index (χ4n) is 1.71. The third-order valence-corrected chi connectivity index (χ3v) is 2.64. The Balaban J connectivity index is 2.45. The van der Waals surface area contributed by atoms with E-state index in [-0.39, 0.29) is 5.56 Å². The first-order valence-electron chi connectivity index (χ1n) is 5.63. The Morgan fingerprint density at radius 1 is 1.21 bits per heavy atom. The minimum Gasteiger partial charge on any atom is -0.478 e. The molecule has 0 unspecified atom stereocenters. The number of carboxylic acid groups (broad SMARTS) is 1. The summed E-state index contributed by atoms with van der Waals surface area (Å²) >= 11 is 0. The maximum Gasteiger partial charge on any atom is 0.338 e. The second kappa shape index (κ2) is 4.94. The smallest absolute Gasteiger partial charge is 0.338 e. The lowest BCUT2D eigenvalue weighted by Gasteiger charge is -2.06. The van der Waals surface area contributed by atoms with E-state index < -0.39 is 11.9 Å². The van der Waals surface area contributed by atoms with Crippen molar-refractivity contribution in [2.24, 2.45) is 0 Å². The van der Waals surface area contributed by atoms with Gasteiger partial charge in [0.2, 0.25) is 0 Å². The minimum absolute atomic E-state index is 0.218. The lowest BCUT2D eigenvalue weighted by Crippen LogP contribution is -2.08. The van der Waals surface area contributed by atoms with Crippen LogP contribution in [0.5, 0.6) is 5.75 Å². The zero-order chi connectivity index (χ0) is 14.0. The van der Waals surface area contributed by atoms with Gasteiger partial charge in [0.1, 0.15) is 5.75 Å². The highest BCUT2D eigenvalue weighted by molar-refractivity contribution is 6.04. The van der Waals surface area contributed by atoms with Gasteiger partial charge in [-0.15, -0.1) is 0 Å². The van der Waals surface area contributed by atoms with Gasteiger partial charge >= 0.3 is 11.9 Å². The summed E-state index contributed by atoms with van der Waals surface area (Å²) in [7, 11) is 0. The number of hydrogen-bond acceptors (Lipinski definition) is 3. The molecule has 19 heavy (non-hydrogen) atoms. The Morgan fingerprint density at radius 3 is 2.58 bits per heavy atom. The first-order valence-corrected chi connectivity index (χ1v) is 5.63. The molecular weight excluding hydrogens is 244 g/mol. The largest absolute Gasteiger partial charge is 0.478 e. The number of carbonyl (C=O) groups excluding carboxylic acids is 1. The van der Waals surface area contributed by atoms with Gasteiger partial charge in [0, 0.05) is 5.57 Å². The number of fused-ring (bicyclic) bond motifs is 1. The summed E-state index contributed by atoms with van der Waals surface area (Å²) < 4.78 is 5.10. The molecule has 4 heteroatoms. The highest BCUT2D eigenvalue weighted by Gasteiger charge is 2.10.